The summed E-state index contributed by atoms with van der Waals surface area (Å²) in [5.41, 5.74) is 6.01. The summed E-state index contributed by atoms with van der Waals surface area (Å²) in [6.07, 6.45) is 27.6. The molecule has 12 unspecified atom stereocenters. The van der Waals surface area contributed by atoms with E-state index in [1.165, 1.54) is 96.3 Å². The van der Waals surface area contributed by atoms with E-state index in [4.69, 9.17) is 5.73 Å². The van der Waals surface area contributed by atoms with Crippen LogP contribution in [-0.4, -0.2) is 6.54 Å². The zero-order chi connectivity index (χ0) is 39.4. The van der Waals surface area contributed by atoms with Crippen LogP contribution in [0.15, 0.2) is 0 Å². The summed E-state index contributed by atoms with van der Waals surface area (Å²) >= 11 is 0. The number of unbranched alkanes of at least 4 members (excludes halogenated alkanes) is 1. The Morgan fingerprint density at radius 3 is 1.65 bits per heavy atom. The lowest BCUT2D eigenvalue weighted by molar-refractivity contribution is 0.0133. The average molecular weight is 730 g/mol. The number of rotatable bonds is 17. The maximum absolute atomic E-state index is 6.01. The lowest BCUT2D eigenvalue weighted by atomic mass is 9.58. The molecule has 2 N–H and O–H groups in total. The topological polar surface area (TPSA) is 26.0 Å². The molecule has 12 atom stereocenters. The molecule has 52 heavy (non-hydrogen) atoms. The highest BCUT2D eigenvalue weighted by molar-refractivity contribution is 4.93. The molecular formula is C51H103N. The highest BCUT2D eigenvalue weighted by atomic mass is 14.5. The first kappa shape index (κ1) is 50.0. The van der Waals surface area contributed by atoms with Crippen molar-refractivity contribution in [1.29, 1.82) is 0 Å². The number of nitrogens with two attached hydrogens (primary N) is 1. The van der Waals surface area contributed by atoms with Crippen LogP contribution in [0.2, 0.25) is 0 Å². The van der Waals surface area contributed by atoms with Gasteiger partial charge in [-0.3, -0.25) is 0 Å². The van der Waals surface area contributed by atoms with Gasteiger partial charge in [0.2, 0.25) is 0 Å². The third-order valence-electron chi connectivity index (χ3n) is 16.5. The molecule has 1 heteroatoms. The number of hydrogen-bond donors (Lipinski definition) is 1. The van der Waals surface area contributed by atoms with Gasteiger partial charge in [0.15, 0.2) is 0 Å². The van der Waals surface area contributed by atoms with E-state index in [9.17, 15) is 0 Å². The zero-order valence-electron chi connectivity index (χ0n) is 39.0. The Morgan fingerprint density at radius 2 is 1.17 bits per heavy atom. The quantitative estimate of drug-likeness (QED) is 0.158. The summed E-state index contributed by atoms with van der Waals surface area (Å²) in [6.45, 7) is 36.1. The van der Waals surface area contributed by atoms with Gasteiger partial charge in [-0.25, -0.2) is 0 Å². The third kappa shape index (κ3) is 15.5. The lowest BCUT2D eigenvalue weighted by Crippen LogP contribution is -2.41. The van der Waals surface area contributed by atoms with E-state index in [1.807, 2.05) is 13.8 Å². The summed E-state index contributed by atoms with van der Waals surface area (Å²) in [6, 6.07) is 0. The second-order valence-corrected chi connectivity index (χ2v) is 19.9. The van der Waals surface area contributed by atoms with Crippen molar-refractivity contribution < 1.29 is 0 Å². The third-order valence-corrected chi connectivity index (χ3v) is 16.5. The molecule has 0 radical (unpaired) electrons. The van der Waals surface area contributed by atoms with Gasteiger partial charge in [0.05, 0.1) is 0 Å². The normalized spacial score (nSPS) is 35.2. The van der Waals surface area contributed by atoms with Crippen molar-refractivity contribution in [3.05, 3.63) is 0 Å². The largest absolute Gasteiger partial charge is 0.330 e. The van der Waals surface area contributed by atoms with Crippen molar-refractivity contribution >= 4 is 0 Å². The van der Waals surface area contributed by atoms with Gasteiger partial charge in [-0.05, 0) is 165 Å². The molecule has 0 aromatic carbocycles. The average Bonchev–Trinajstić information content (AvgIpc) is 3.56. The second kappa shape index (κ2) is 27.5. The second-order valence-electron chi connectivity index (χ2n) is 19.9. The Morgan fingerprint density at radius 1 is 0.577 bits per heavy atom. The van der Waals surface area contributed by atoms with Crippen LogP contribution < -0.4 is 5.73 Å². The van der Waals surface area contributed by atoms with Gasteiger partial charge in [0.25, 0.3) is 0 Å². The van der Waals surface area contributed by atoms with Crippen molar-refractivity contribution in [2.75, 3.05) is 6.54 Å². The van der Waals surface area contributed by atoms with Crippen LogP contribution in [0.25, 0.3) is 0 Å². The van der Waals surface area contributed by atoms with Crippen molar-refractivity contribution in [2.24, 2.45) is 100 Å². The lowest BCUT2D eigenvalue weighted by Gasteiger charge is -2.47. The first-order chi connectivity index (χ1) is 24.9. The smallest absolute Gasteiger partial charge is 0.00745 e. The first-order valence-corrected chi connectivity index (χ1v) is 24.6. The van der Waals surface area contributed by atoms with Gasteiger partial charge >= 0.3 is 0 Å². The Hall–Kier alpha value is -0.0400. The van der Waals surface area contributed by atoms with E-state index in [-0.39, 0.29) is 0 Å². The van der Waals surface area contributed by atoms with E-state index in [0.717, 1.165) is 101 Å². The summed E-state index contributed by atoms with van der Waals surface area (Å²) in [5.74, 6) is 15.6. The molecule has 0 aromatic heterocycles. The minimum atomic E-state index is 0.846. The van der Waals surface area contributed by atoms with Gasteiger partial charge < -0.3 is 5.73 Å². The van der Waals surface area contributed by atoms with Crippen LogP contribution in [0.3, 0.4) is 0 Å². The number of fused-ring (bicyclic) bond motifs is 1. The molecule has 4 aliphatic rings. The van der Waals surface area contributed by atoms with E-state index in [0.29, 0.717) is 0 Å². The van der Waals surface area contributed by atoms with Crippen molar-refractivity contribution in [1.82, 2.24) is 0 Å². The predicted octanol–water partition coefficient (Wildman–Crippen LogP) is 16.5. The summed E-state index contributed by atoms with van der Waals surface area (Å²) in [4.78, 5) is 0. The monoisotopic (exact) mass is 730 g/mol. The molecule has 0 bridgehead atoms. The fraction of sp³-hybridized carbons (Fsp3) is 1.00. The van der Waals surface area contributed by atoms with Crippen molar-refractivity contribution in [2.45, 2.75) is 226 Å². The van der Waals surface area contributed by atoms with Crippen LogP contribution in [0.1, 0.15) is 226 Å². The van der Waals surface area contributed by atoms with E-state index >= 15 is 0 Å². The predicted molar refractivity (Wildman–Crippen MR) is 238 cm³/mol. The summed E-state index contributed by atoms with van der Waals surface area (Å²) < 4.78 is 0. The molecule has 1 nitrogen and oxygen atoms in total. The van der Waals surface area contributed by atoms with Crippen molar-refractivity contribution in [3.8, 4) is 0 Å². The minimum absolute atomic E-state index is 0.846. The van der Waals surface area contributed by atoms with Crippen LogP contribution >= 0.6 is 0 Å². The Kier molecular flexibility index (Phi) is 26.5. The molecule has 0 amide bonds. The van der Waals surface area contributed by atoms with Crippen molar-refractivity contribution in [3.63, 3.8) is 0 Å². The van der Waals surface area contributed by atoms with Gasteiger partial charge in [-0.15, -0.1) is 0 Å². The molecule has 312 valence electrons. The maximum Gasteiger partial charge on any atom is -0.00745 e. The molecule has 0 aromatic rings. The first-order valence-electron chi connectivity index (χ1n) is 24.6. The molecule has 4 aliphatic carbocycles. The molecular weight excluding hydrogens is 627 g/mol. The molecule has 0 aliphatic heterocycles. The van der Waals surface area contributed by atoms with Gasteiger partial charge in [-0.1, -0.05) is 162 Å². The maximum atomic E-state index is 6.01. The van der Waals surface area contributed by atoms with E-state index in [2.05, 4.69) is 90.0 Å². The van der Waals surface area contributed by atoms with Crippen LogP contribution in [0.5, 0.6) is 0 Å². The SMILES string of the molecule is CC.CCC1C(C)C(C)C1C.CCCC(C(C)C)C1CCC2C(CCC3CC(C(C)C)CC(CCN)C3C)CCC2C1.CCCCC(CC)CCC. The van der Waals surface area contributed by atoms with Crippen LogP contribution in [-0.2, 0) is 0 Å². The highest BCUT2D eigenvalue weighted by Gasteiger charge is 2.43. The van der Waals surface area contributed by atoms with Gasteiger partial charge in [-0.2, -0.15) is 0 Å². The van der Waals surface area contributed by atoms with Gasteiger partial charge in [0, 0.05) is 0 Å². The minimum Gasteiger partial charge on any atom is -0.330 e. The molecule has 4 saturated carbocycles. The summed E-state index contributed by atoms with van der Waals surface area (Å²) in [7, 11) is 0. The van der Waals surface area contributed by atoms with E-state index in [1.54, 1.807) is 25.7 Å². The van der Waals surface area contributed by atoms with Gasteiger partial charge in [0.1, 0.15) is 0 Å². The number of hydrogen-bond acceptors (Lipinski definition) is 1. The van der Waals surface area contributed by atoms with Crippen LogP contribution in [0.4, 0.5) is 0 Å². The van der Waals surface area contributed by atoms with Crippen LogP contribution in [0, 0.1) is 94.7 Å². The fourth-order valence-corrected chi connectivity index (χ4v) is 12.5. The highest BCUT2D eigenvalue weighted by Crippen LogP contribution is 2.53. The fourth-order valence-electron chi connectivity index (χ4n) is 12.5. The Labute approximate surface area is 331 Å². The Balaban J connectivity index is 0.000000524. The Bertz CT molecular complexity index is 821. The van der Waals surface area contributed by atoms with E-state index < -0.39 is 0 Å². The molecule has 4 fully saturated rings. The summed E-state index contributed by atoms with van der Waals surface area (Å²) in [5, 5.41) is 0. The standard InChI is InChI=1S/C30H57N.C10H22.C9H18.C2H6/c1-7-8-29(21(4)5)26-13-14-30-23(10-12-27(30)19-26)9-11-24-17-28(20(2)3)18-25(15-16-31)22(24)6;1-4-7-9-10(6-3)8-5-2;1-5-9-7(3)6(2)8(9)4;1-2/h20-30H,7-19,31H2,1-6H3;10H,4-9H2,1-3H3;6-9H,5H2,1-4H3;1-2H3. The zero-order valence-corrected chi connectivity index (χ0v) is 39.0. The molecule has 0 heterocycles. The molecule has 0 saturated heterocycles. The molecule has 0 spiro atoms. The molecule has 4 rings (SSSR count).